The molecule has 1 aliphatic heterocycles. The lowest BCUT2D eigenvalue weighted by atomic mass is 9.84. The molecule has 1 unspecified atom stereocenters. The molecule has 8 nitrogen and oxygen atoms in total. The molecule has 1 N–H and O–H groups in total. The van der Waals surface area contributed by atoms with Gasteiger partial charge in [0.1, 0.15) is 23.0 Å². The SMILES string of the molecule is CCOC(=O)C1=C(C(=O)OCC)C2(Oc3ccc(C)cc3C2=O)C(C#N)=C1NC1CCCCC1. The van der Waals surface area contributed by atoms with E-state index in [4.69, 9.17) is 14.2 Å². The molecule has 1 saturated carbocycles. The Morgan fingerprint density at radius 2 is 1.82 bits per heavy atom. The van der Waals surface area contributed by atoms with Crippen molar-refractivity contribution >= 4 is 17.7 Å². The Kier molecular flexibility index (Phi) is 6.47. The number of ketones is 1. The minimum atomic E-state index is -2.10. The van der Waals surface area contributed by atoms with E-state index in [1.165, 1.54) is 0 Å². The van der Waals surface area contributed by atoms with Crippen LogP contribution in [0, 0.1) is 18.3 Å². The summed E-state index contributed by atoms with van der Waals surface area (Å²) >= 11 is 0. The molecular weight excluding hydrogens is 436 g/mol. The minimum Gasteiger partial charge on any atom is -0.468 e. The number of esters is 2. The Morgan fingerprint density at radius 1 is 1.15 bits per heavy atom. The van der Waals surface area contributed by atoms with Gasteiger partial charge in [-0.3, -0.25) is 4.79 Å². The quantitative estimate of drug-likeness (QED) is 0.637. The molecule has 1 aromatic carbocycles. The molecule has 3 aliphatic rings. The lowest BCUT2D eigenvalue weighted by Crippen LogP contribution is -2.46. The van der Waals surface area contributed by atoms with Crippen LogP contribution in [0.4, 0.5) is 0 Å². The van der Waals surface area contributed by atoms with E-state index in [0.717, 1.165) is 37.7 Å². The highest BCUT2D eigenvalue weighted by Crippen LogP contribution is 2.51. The van der Waals surface area contributed by atoms with E-state index in [-0.39, 0.29) is 53.0 Å². The third-order valence-corrected chi connectivity index (χ3v) is 6.44. The topological polar surface area (TPSA) is 115 Å². The van der Waals surface area contributed by atoms with Crippen LogP contribution >= 0.6 is 0 Å². The van der Waals surface area contributed by atoms with Crippen molar-refractivity contribution in [3.8, 4) is 11.8 Å². The van der Waals surface area contributed by atoms with Crippen LogP contribution in [-0.2, 0) is 19.1 Å². The highest BCUT2D eigenvalue weighted by atomic mass is 16.5. The molecule has 8 heteroatoms. The molecule has 4 rings (SSSR count). The summed E-state index contributed by atoms with van der Waals surface area (Å²) in [5.41, 5.74) is -1.51. The molecule has 1 aromatic rings. The van der Waals surface area contributed by atoms with Gasteiger partial charge < -0.3 is 19.5 Å². The van der Waals surface area contributed by atoms with E-state index in [1.54, 1.807) is 32.0 Å². The van der Waals surface area contributed by atoms with E-state index in [0.29, 0.717) is 0 Å². The van der Waals surface area contributed by atoms with Gasteiger partial charge in [0.15, 0.2) is 0 Å². The minimum absolute atomic E-state index is 0.0159. The molecule has 1 atom stereocenters. The van der Waals surface area contributed by atoms with Gasteiger partial charge in [0, 0.05) is 6.04 Å². The van der Waals surface area contributed by atoms with Gasteiger partial charge in [-0.2, -0.15) is 5.26 Å². The van der Waals surface area contributed by atoms with Gasteiger partial charge in [-0.05, 0) is 45.7 Å². The largest absolute Gasteiger partial charge is 0.468 e. The van der Waals surface area contributed by atoms with Crippen molar-refractivity contribution < 1.29 is 28.6 Å². The van der Waals surface area contributed by atoms with Gasteiger partial charge in [0.25, 0.3) is 0 Å². The molecular formula is C26H28N2O6. The van der Waals surface area contributed by atoms with E-state index in [2.05, 4.69) is 11.4 Å². The number of nitriles is 1. The summed E-state index contributed by atoms with van der Waals surface area (Å²) in [6, 6.07) is 7.13. The zero-order chi connectivity index (χ0) is 24.5. The Labute approximate surface area is 198 Å². The second-order valence-electron chi connectivity index (χ2n) is 8.64. The first-order valence-electron chi connectivity index (χ1n) is 11.7. The monoisotopic (exact) mass is 464 g/mol. The number of carbonyl (C=O) groups is 3. The van der Waals surface area contributed by atoms with Gasteiger partial charge in [-0.1, -0.05) is 30.9 Å². The summed E-state index contributed by atoms with van der Waals surface area (Å²) in [4.78, 5) is 40.4. The Bertz CT molecular complexity index is 1150. The average Bonchev–Trinajstić information content (AvgIpc) is 3.26. The normalized spacial score (nSPS) is 21.9. The van der Waals surface area contributed by atoms with E-state index in [9.17, 15) is 19.6 Å². The van der Waals surface area contributed by atoms with Crippen LogP contribution in [0.15, 0.2) is 40.6 Å². The van der Waals surface area contributed by atoms with Crippen LogP contribution in [0.2, 0.25) is 0 Å². The third kappa shape index (κ3) is 3.65. The number of nitrogens with one attached hydrogen (secondary N) is 1. The van der Waals surface area contributed by atoms with Crippen LogP contribution in [-0.4, -0.2) is 42.6 Å². The van der Waals surface area contributed by atoms with Crippen molar-refractivity contribution in [2.75, 3.05) is 13.2 Å². The number of nitrogens with zero attached hydrogens (tertiary/aromatic N) is 1. The fourth-order valence-corrected chi connectivity index (χ4v) is 4.95. The van der Waals surface area contributed by atoms with Gasteiger partial charge in [0.2, 0.25) is 11.4 Å². The van der Waals surface area contributed by atoms with Crippen molar-refractivity contribution in [1.82, 2.24) is 5.32 Å². The number of benzene rings is 1. The number of hydrogen-bond acceptors (Lipinski definition) is 8. The van der Waals surface area contributed by atoms with Crippen LogP contribution in [0.25, 0.3) is 0 Å². The number of aryl methyl sites for hydroxylation is 1. The Morgan fingerprint density at radius 3 is 2.47 bits per heavy atom. The zero-order valence-electron chi connectivity index (χ0n) is 19.7. The molecule has 1 fully saturated rings. The van der Waals surface area contributed by atoms with Gasteiger partial charge in [-0.15, -0.1) is 0 Å². The molecule has 0 radical (unpaired) electrons. The maximum absolute atomic E-state index is 13.9. The van der Waals surface area contributed by atoms with Gasteiger partial charge in [-0.25, -0.2) is 9.59 Å². The molecule has 0 saturated heterocycles. The molecule has 1 heterocycles. The number of carbonyl (C=O) groups excluding carboxylic acids is 3. The lowest BCUT2D eigenvalue weighted by molar-refractivity contribution is -0.142. The average molecular weight is 465 g/mol. The summed E-state index contributed by atoms with van der Waals surface area (Å²) in [5, 5.41) is 13.6. The van der Waals surface area contributed by atoms with Crippen molar-refractivity contribution in [3.63, 3.8) is 0 Å². The molecule has 34 heavy (non-hydrogen) atoms. The Hall–Kier alpha value is -3.60. The predicted molar refractivity (Wildman–Crippen MR) is 122 cm³/mol. The number of fused-ring (bicyclic) bond motifs is 1. The van der Waals surface area contributed by atoms with E-state index < -0.39 is 23.3 Å². The lowest BCUT2D eigenvalue weighted by Gasteiger charge is -2.26. The van der Waals surface area contributed by atoms with Crippen molar-refractivity contribution in [3.05, 3.63) is 51.7 Å². The number of hydrogen-bond donors (Lipinski definition) is 1. The van der Waals surface area contributed by atoms with Crippen LogP contribution in [0.1, 0.15) is 61.9 Å². The second kappa shape index (κ2) is 9.34. The number of rotatable bonds is 6. The van der Waals surface area contributed by atoms with Gasteiger partial charge in [0.05, 0.1) is 30.0 Å². The van der Waals surface area contributed by atoms with E-state index in [1.807, 2.05) is 6.92 Å². The maximum Gasteiger partial charge on any atom is 0.341 e. The molecule has 0 amide bonds. The van der Waals surface area contributed by atoms with Crippen LogP contribution in [0.3, 0.4) is 0 Å². The fraction of sp³-hybridized carbons (Fsp3) is 0.462. The molecule has 0 bridgehead atoms. The summed E-state index contributed by atoms with van der Waals surface area (Å²) in [5.74, 6) is -2.03. The molecule has 1 spiro atoms. The van der Waals surface area contributed by atoms with Crippen molar-refractivity contribution in [1.29, 1.82) is 5.26 Å². The van der Waals surface area contributed by atoms with Crippen molar-refractivity contribution in [2.24, 2.45) is 0 Å². The van der Waals surface area contributed by atoms with Crippen LogP contribution in [0.5, 0.6) is 5.75 Å². The smallest absolute Gasteiger partial charge is 0.341 e. The highest BCUT2D eigenvalue weighted by Gasteiger charge is 2.63. The molecule has 2 aliphatic carbocycles. The molecule has 178 valence electrons. The first-order valence-corrected chi connectivity index (χ1v) is 11.7. The third-order valence-electron chi connectivity index (χ3n) is 6.44. The summed E-state index contributed by atoms with van der Waals surface area (Å²) < 4.78 is 16.7. The molecule has 0 aromatic heterocycles. The summed E-state index contributed by atoms with van der Waals surface area (Å²) in [6.07, 6.45) is 4.79. The first kappa shape index (κ1) is 23.6. The first-order chi connectivity index (χ1) is 16.4. The Balaban J connectivity index is 1.97. The summed E-state index contributed by atoms with van der Waals surface area (Å²) in [6.45, 7) is 5.17. The standard InChI is InChI=1S/C26H28N2O6/c1-4-32-24(30)20-21(25(31)33-5-2)26(23(29)17-13-15(3)11-12-19(17)34-26)18(14-27)22(20)28-16-9-7-6-8-10-16/h11-13,16,28H,4-10H2,1-3H3. The summed E-state index contributed by atoms with van der Waals surface area (Å²) in [7, 11) is 0. The van der Waals surface area contributed by atoms with Gasteiger partial charge >= 0.3 is 11.9 Å². The fourth-order valence-electron chi connectivity index (χ4n) is 4.95. The second-order valence-corrected chi connectivity index (χ2v) is 8.64. The predicted octanol–water partition coefficient (Wildman–Crippen LogP) is 3.45. The zero-order valence-corrected chi connectivity index (χ0v) is 19.7. The van der Waals surface area contributed by atoms with Crippen LogP contribution < -0.4 is 10.1 Å². The number of Topliss-reactive ketones (excluding diaryl/α,β-unsaturated/α-hetero) is 1. The maximum atomic E-state index is 13.9. The van der Waals surface area contributed by atoms with Crippen molar-refractivity contribution in [2.45, 2.75) is 64.5 Å². The number of ether oxygens (including phenoxy) is 3. The highest BCUT2D eigenvalue weighted by molar-refractivity contribution is 6.22. The van der Waals surface area contributed by atoms with E-state index >= 15 is 0 Å².